The van der Waals surface area contributed by atoms with Crippen LogP contribution in [0.4, 0.5) is 26.0 Å². The lowest BCUT2D eigenvalue weighted by atomic mass is 9.84. The highest BCUT2D eigenvalue weighted by molar-refractivity contribution is 7.89. The zero-order chi connectivity index (χ0) is 30.4. The fourth-order valence-corrected chi connectivity index (χ4v) is 7.22. The summed E-state index contributed by atoms with van der Waals surface area (Å²) >= 11 is 0. The second-order valence-corrected chi connectivity index (χ2v) is 13.9. The number of nitrogens with zero attached hydrogens (tertiary/aromatic N) is 4. The number of nitrogens with one attached hydrogen (secondary N) is 3. The van der Waals surface area contributed by atoms with E-state index < -0.39 is 37.9 Å². The summed E-state index contributed by atoms with van der Waals surface area (Å²) < 4.78 is 55.9. The average molecular weight is 602 g/mol. The lowest BCUT2D eigenvalue weighted by Crippen LogP contribution is -2.45. The second-order valence-electron chi connectivity index (χ2n) is 12.0. The number of piperidine rings is 1. The fraction of sp³-hybridized carbons (Fsp3) is 0.448. The molecule has 1 aromatic heterocycles. The van der Waals surface area contributed by atoms with E-state index in [-0.39, 0.29) is 24.9 Å². The lowest BCUT2D eigenvalue weighted by Gasteiger charge is -2.36. The van der Waals surface area contributed by atoms with Crippen LogP contribution >= 0.6 is 0 Å². The number of anilines is 3. The van der Waals surface area contributed by atoms with Crippen molar-refractivity contribution in [3.8, 4) is 0 Å². The molecular formula is C29H37F2N7O3S. The first-order valence-corrected chi connectivity index (χ1v) is 15.3. The van der Waals surface area contributed by atoms with Gasteiger partial charge < -0.3 is 20.4 Å². The topological polar surface area (TPSA) is 114 Å². The van der Waals surface area contributed by atoms with Gasteiger partial charge in [0, 0.05) is 67.3 Å². The molecule has 13 heteroatoms. The van der Waals surface area contributed by atoms with E-state index >= 15 is 0 Å². The first-order chi connectivity index (χ1) is 19.7. The molecule has 10 nitrogen and oxygen atoms in total. The van der Waals surface area contributed by atoms with Crippen molar-refractivity contribution < 1.29 is 22.0 Å². The summed E-state index contributed by atoms with van der Waals surface area (Å²) in [6.45, 7) is 5.52. The van der Waals surface area contributed by atoms with Crippen LogP contribution < -0.4 is 15.5 Å². The van der Waals surface area contributed by atoms with Crippen LogP contribution in [0, 0.1) is 11.6 Å². The Kier molecular flexibility index (Phi) is 8.03. The Labute approximate surface area is 245 Å². The number of carbonyl (C=O) groups excluding carboxylic acids is 1. The third-order valence-corrected chi connectivity index (χ3v) is 9.77. The maximum Gasteiger partial charge on any atom is 0.258 e. The van der Waals surface area contributed by atoms with Crippen molar-refractivity contribution in [3.63, 3.8) is 0 Å². The quantitative estimate of drug-likeness (QED) is 0.375. The number of H-pyrrole nitrogens is 1. The predicted molar refractivity (Wildman–Crippen MR) is 158 cm³/mol. The third kappa shape index (κ3) is 5.99. The van der Waals surface area contributed by atoms with Crippen LogP contribution in [0.25, 0.3) is 0 Å². The minimum absolute atomic E-state index is 0.0483. The number of aromatic amines is 1. The van der Waals surface area contributed by atoms with Gasteiger partial charge in [0.05, 0.1) is 10.5 Å². The lowest BCUT2D eigenvalue weighted by molar-refractivity contribution is 0.102. The Morgan fingerprint density at radius 1 is 1.10 bits per heavy atom. The molecule has 0 radical (unpaired) electrons. The van der Waals surface area contributed by atoms with E-state index in [1.165, 1.54) is 0 Å². The first-order valence-electron chi connectivity index (χ1n) is 13.9. The van der Waals surface area contributed by atoms with Crippen molar-refractivity contribution in [3.05, 3.63) is 64.9 Å². The van der Waals surface area contributed by atoms with Crippen molar-refractivity contribution in [2.24, 2.45) is 0 Å². The van der Waals surface area contributed by atoms with Gasteiger partial charge in [-0.15, -0.1) is 0 Å². The Balaban J connectivity index is 1.44. The smallest absolute Gasteiger partial charge is 0.258 e. The number of carbonyl (C=O) groups is 1. The molecule has 0 spiro atoms. The monoisotopic (exact) mass is 601 g/mol. The molecule has 3 heterocycles. The summed E-state index contributed by atoms with van der Waals surface area (Å²) in [5.41, 5.74) is 2.53. The van der Waals surface area contributed by atoms with Crippen molar-refractivity contribution in [1.29, 1.82) is 0 Å². The molecule has 0 saturated carbocycles. The zero-order valence-corrected chi connectivity index (χ0v) is 25.3. The van der Waals surface area contributed by atoms with E-state index in [1.54, 1.807) is 6.07 Å². The Bertz CT molecular complexity index is 1580. The Morgan fingerprint density at radius 3 is 2.40 bits per heavy atom. The normalized spacial score (nSPS) is 18.0. The van der Waals surface area contributed by atoms with Crippen molar-refractivity contribution in [2.45, 2.75) is 49.6 Å². The number of hydrogen-bond acceptors (Lipinski definition) is 7. The van der Waals surface area contributed by atoms with Crippen LogP contribution in [0.15, 0.2) is 41.3 Å². The van der Waals surface area contributed by atoms with Crippen LogP contribution in [0.5, 0.6) is 0 Å². The van der Waals surface area contributed by atoms with Gasteiger partial charge in [-0.05, 0) is 63.3 Å². The van der Waals surface area contributed by atoms with Gasteiger partial charge in [-0.1, -0.05) is 13.8 Å². The molecule has 1 saturated heterocycles. The number of likely N-dealkylation sites (tertiary alicyclic amines) is 1. The van der Waals surface area contributed by atoms with E-state index in [9.17, 15) is 22.0 Å². The molecule has 5 rings (SSSR count). The molecule has 2 aliphatic heterocycles. The fourth-order valence-electron chi connectivity index (χ4n) is 5.61. The summed E-state index contributed by atoms with van der Waals surface area (Å²) in [5.74, 6) is -2.15. The molecule has 3 N–H and O–H groups in total. The number of fused-ring (bicyclic) bond motifs is 1. The Hall–Kier alpha value is -3.55. The average Bonchev–Trinajstić information content (AvgIpc) is 3.32. The summed E-state index contributed by atoms with van der Waals surface area (Å²) in [7, 11) is 1.71. The number of hydrogen-bond donors (Lipinski definition) is 3. The molecule has 2 aromatic carbocycles. The van der Waals surface area contributed by atoms with E-state index in [0.717, 1.165) is 48.1 Å². The third-order valence-electron chi connectivity index (χ3n) is 8.00. The van der Waals surface area contributed by atoms with E-state index in [4.69, 9.17) is 0 Å². The number of amides is 1. The van der Waals surface area contributed by atoms with Crippen LogP contribution in [-0.2, 0) is 22.0 Å². The summed E-state index contributed by atoms with van der Waals surface area (Å²) in [5, 5.41) is 13.8. The van der Waals surface area contributed by atoms with Crippen molar-refractivity contribution >= 4 is 33.1 Å². The molecule has 0 unspecified atom stereocenters. The van der Waals surface area contributed by atoms with Gasteiger partial charge in [0.25, 0.3) is 5.91 Å². The molecule has 1 fully saturated rings. The maximum absolute atomic E-state index is 13.9. The molecule has 42 heavy (non-hydrogen) atoms. The van der Waals surface area contributed by atoms with Gasteiger partial charge in [0.1, 0.15) is 11.6 Å². The standard InChI is InChI=1S/C29H37F2N7O3S/c1-29(2)17-38(42(40,41)22-13-18(30)12-19(31)14-22)16-24-26(29)34-35-27(24)33-28(39)23-7-6-21(36(3)4)15-25(23)32-20-8-10-37(5)11-9-20/h6-7,12-15,20,32H,8-11,16-17H2,1-5H3,(H2,33,34,35,39). The van der Waals surface area contributed by atoms with E-state index in [0.29, 0.717) is 28.6 Å². The van der Waals surface area contributed by atoms with Gasteiger partial charge >= 0.3 is 0 Å². The number of sulfonamides is 1. The molecule has 3 aromatic rings. The number of aromatic nitrogens is 2. The predicted octanol–water partition coefficient (Wildman–Crippen LogP) is 3.99. The molecule has 0 aliphatic carbocycles. The van der Waals surface area contributed by atoms with E-state index in [2.05, 4.69) is 32.8 Å². The van der Waals surface area contributed by atoms with E-state index in [1.807, 2.05) is 45.0 Å². The molecule has 226 valence electrons. The molecule has 0 atom stereocenters. The summed E-state index contributed by atoms with van der Waals surface area (Å²) in [6.07, 6.45) is 1.90. The molecule has 0 bridgehead atoms. The second kappa shape index (κ2) is 11.3. The minimum atomic E-state index is -4.26. The van der Waals surface area contributed by atoms with Crippen molar-refractivity contribution in [1.82, 2.24) is 19.4 Å². The summed E-state index contributed by atoms with van der Waals surface area (Å²) in [4.78, 5) is 17.5. The maximum atomic E-state index is 13.9. The highest BCUT2D eigenvalue weighted by Crippen LogP contribution is 2.38. The number of halogens is 2. The zero-order valence-electron chi connectivity index (χ0n) is 24.5. The van der Waals surface area contributed by atoms with Gasteiger partial charge in [0.15, 0.2) is 5.82 Å². The SMILES string of the molecule is CN1CCC(Nc2cc(N(C)C)ccc2C(=O)Nc2n[nH]c3c2CN(S(=O)(=O)c2cc(F)cc(F)c2)CC3(C)C)CC1. The highest BCUT2D eigenvalue weighted by atomic mass is 32.2. The van der Waals surface area contributed by atoms with Crippen LogP contribution in [0.2, 0.25) is 0 Å². The molecule has 2 aliphatic rings. The van der Waals surface area contributed by atoms with Gasteiger partial charge in [-0.25, -0.2) is 17.2 Å². The van der Waals surface area contributed by atoms with Crippen LogP contribution in [0.1, 0.15) is 48.3 Å². The molecular weight excluding hydrogens is 564 g/mol. The van der Waals surface area contributed by atoms with Crippen molar-refractivity contribution in [2.75, 3.05) is 56.3 Å². The van der Waals surface area contributed by atoms with Gasteiger partial charge in [0.2, 0.25) is 10.0 Å². The first kappa shape index (κ1) is 29.9. The minimum Gasteiger partial charge on any atom is -0.382 e. The van der Waals surface area contributed by atoms with Crippen LogP contribution in [0.3, 0.4) is 0 Å². The highest BCUT2D eigenvalue weighted by Gasteiger charge is 2.41. The summed E-state index contributed by atoms with van der Waals surface area (Å²) in [6, 6.07) is 8.02. The number of benzene rings is 2. The number of rotatable bonds is 7. The van der Waals surface area contributed by atoms with Gasteiger partial charge in [-0.3, -0.25) is 9.89 Å². The van der Waals surface area contributed by atoms with Gasteiger partial charge in [-0.2, -0.15) is 9.40 Å². The van der Waals surface area contributed by atoms with Crippen LogP contribution in [-0.4, -0.2) is 80.5 Å². The Morgan fingerprint density at radius 2 is 1.76 bits per heavy atom. The largest absolute Gasteiger partial charge is 0.382 e. The molecule has 1 amide bonds.